The summed E-state index contributed by atoms with van der Waals surface area (Å²) in [6, 6.07) is 13.2. The van der Waals surface area contributed by atoms with Crippen LogP contribution in [0, 0.1) is 12.7 Å². The van der Waals surface area contributed by atoms with Gasteiger partial charge in [0.2, 0.25) is 0 Å². The zero-order valence-electron chi connectivity index (χ0n) is 12.3. The monoisotopic (exact) mass is 272 g/mol. The van der Waals surface area contributed by atoms with Gasteiger partial charge < -0.3 is 10.2 Å². The highest BCUT2D eigenvalue weighted by atomic mass is 19.1. The summed E-state index contributed by atoms with van der Waals surface area (Å²) < 4.78 is 13.2. The van der Waals surface area contributed by atoms with Crippen LogP contribution in [0.3, 0.4) is 0 Å². The lowest BCUT2D eigenvalue weighted by molar-refractivity contribution is 0.625. The van der Waals surface area contributed by atoms with Crippen LogP contribution < -0.4 is 10.2 Å². The van der Waals surface area contributed by atoms with Crippen molar-refractivity contribution in [3.63, 3.8) is 0 Å². The van der Waals surface area contributed by atoms with Gasteiger partial charge >= 0.3 is 0 Å². The molecule has 0 unspecified atom stereocenters. The molecule has 0 amide bonds. The van der Waals surface area contributed by atoms with E-state index in [1.807, 2.05) is 20.2 Å². The number of nitrogens with zero attached hydrogens (tertiary/aromatic N) is 1. The van der Waals surface area contributed by atoms with Gasteiger partial charge in [-0.1, -0.05) is 18.2 Å². The standard InChI is InChI=1S/C17H21FN2/c1-13-9-17(8-7-15(13)11-19-2)20(3)12-14-5-4-6-16(18)10-14/h4-10,19H,11-12H2,1-3H3. The van der Waals surface area contributed by atoms with Crippen LogP contribution in [0.15, 0.2) is 42.5 Å². The molecule has 0 aliphatic heterocycles. The number of nitrogens with one attached hydrogen (secondary N) is 1. The van der Waals surface area contributed by atoms with Crippen LogP contribution in [0.4, 0.5) is 10.1 Å². The van der Waals surface area contributed by atoms with Crippen molar-refractivity contribution < 1.29 is 4.39 Å². The Kier molecular flexibility index (Phi) is 4.74. The molecule has 0 radical (unpaired) electrons. The van der Waals surface area contributed by atoms with E-state index in [-0.39, 0.29) is 5.82 Å². The summed E-state index contributed by atoms with van der Waals surface area (Å²) in [5, 5.41) is 3.16. The van der Waals surface area contributed by atoms with Gasteiger partial charge in [0.1, 0.15) is 5.82 Å². The molecule has 0 fully saturated rings. The van der Waals surface area contributed by atoms with Gasteiger partial charge in [-0.3, -0.25) is 0 Å². The Labute approximate surface area is 120 Å². The maximum absolute atomic E-state index is 13.2. The van der Waals surface area contributed by atoms with Crippen molar-refractivity contribution in [2.24, 2.45) is 0 Å². The fourth-order valence-corrected chi connectivity index (χ4v) is 2.31. The van der Waals surface area contributed by atoms with Gasteiger partial charge in [-0.2, -0.15) is 0 Å². The smallest absolute Gasteiger partial charge is 0.123 e. The quantitative estimate of drug-likeness (QED) is 0.896. The molecule has 0 bridgehead atoms. The molecule has 2 aromatic carbocycles. The lowest BCUT2D eigenvalue weighted by Gasteiger charge is -2.21. The largest absolute Gasteiger partial charge is 0.370 e. The Bertz CT molecular complexity index is 581. The molecule has 20 heavy (non-hydrogen) atoms. The Morgan fingerprint density at radius 3 is 2.60 bits per heavy atom. The second kappa shape index (κ2) is 6.53. The van der Waals surface area contributed by atoms with Crippen molar-refractivity contribution in [1.29, 1.82) is 0 Å². The molecule has 2 aromatic rings. The Morgan fingerprint density at radius 2 is 1.95 bits per heavy atom. The SMILES string of the molecule is CNCc1ccc(N(C)Cc2cccc(F)c2)cc1C. The molecule has 1 N–H and O–H groups in total. The van der Waals surface area contributed by atoms with E-state index in [0.29, 0.717) is 6.54 Å². The van der Waals surface area contributed by atoms with Crippen molar-refractivity contribution in [2.45, 2.75) is 20.0 Å². The van der Waals surface area contributed by atoms with Gasteiger partial charge in [-0.15, -0.1) is 0 Å². The Morgan fingerprint density at radius 1 is 1.15 bits per heavy atom. The maximum atomic E-state index is 13.2. The van der Waals surface area contributed by atoms with E-state index in [1.54, 1.807) is 12.1 Å². The third-order valence-electron chi connectivity index (χ3n) is 3.44. The van der Waals surface area contributed by atoms with Gasteiger partial charge in [0.15, 0.2) is 0 Å². The second-order valence-corrected chi connectivity index (χ2v) is 5.13. The molecular formula is C17H21FN2. The lowest BCUT2D eigenvalue weighted by atomic mass is 10.1. The number of benzene rings is 2. The Balaban J connectivity index is 2.13. The van der Waals surface area contributed by atoms with Crippen LogP contribution in [0.5, 0.6) is 0 Å². The first kappa shape index (κ1) is 14.5. The van der Waals surface area contributed by atoms with Crippen molar-refractivity contribution in [2.75, 3.05) is 19.0 Å². The summed E-state index contributed by atoms with van der Waals surface area (Å²) in [5.74, 6) is -0.184. The number of anilines is 1. The first-order valence-electron chi connectivity index (χ1n) is 6.80. The average molecular weight is 272 g/mol. The van der Waals surface area contributed by atoms with Crippen LogP contribution in [0.1, 0.15) is 16.7 Å². The minimum atomic E-state index is -0.184. The number of rotatable bonds is 5. The molecule has 0 aromatic heterocycles. The molecule has 3 heteroatoms. The number of hydrogen-bond acceptors (Lipinski definition) is 2. The zero-order chi connectivity index (χ0) is 14.5. The molecule has 0 aliphatic carbocycles. The predicted octanol–water partition coefficient (Wildman–Crippen LogP) is 3.49. The van der Waals surface area contributed by atoms with Gasteiger partial charge in [-0.05, 0) is 54.9 Å². The molecule has 0 heterocycles. The fraction of sp³-hybridized carbons (Fsp3) is 0.294. The first-order chi connectivity index (χ1) is 9.60. The van der Waals surface area contributed by atoms with Crippen molar-refractivity contribution in [3.8, 4) is 0 Å². The lowest BCUT2D eigenvalue weighted by Crippen LogP contribution is -2.17. The third kappa shape index (κ3) is 3.58. The zero-order valence-corrected chi connectivity index (χ0v) is 12.3. The van der Waals surface area contributed by atoms with Gasteiger partial charge in [0, 0.05) is 25.8 Å². The number of aryl methyl sites for hydroxylation is 1. The summed E-state index contributed by atoms with van der Waals surface area (Å²) in [7, 11) is 3.97. The Hall–Kier alpha value is -1.87. The predicted molar refractivity (Wildman–Crippen MR) is 82.4 cm³/mol. The van der Waals surface area contributed by atoms with E-state index >= 15 is 0 Å². The minimum absolute atomic E-state index is 0.184. The van der Waals surface area contributed by atoms with E-state index in [9.17, 15) is 4.39 Å². The third-order valence-corrected chi connectivity index (χ3v) is 3.44. The van der Waals surface area contributed by atoms with E-state index in [2.05, 4.69) is 35.3 Å². The number of halogens is 1. The van der Waals surface area contributed by atoms with Crippen LogP contribution in [-0.2, 0) is 13.1 Å². The van der Waals surface area contributed by atoms with E-state index in [1.165, 1.54) is 17.2 Å². The van der Waals surface area contributed by atoms with Gasteiger partial charge in [0.25, 0.3) is 0 Å². The molecule has 0 spiro atoms. The highest BCUT2D eigenvalue weighted by molar-refractivity contribution is 5.50. The summed E-state index contributed by atoms with van der Waals surface area (Å²) >= 11 is 0. The maximum Gasteiger partial charge on any atom is 0.123 e. The van der Waals surface area contributed by atoms with Crippen molar-refractivity contribution >= 4 is 5.69 Å². The molecular weight excluding hydrogens is 251 g/mol. The average Bonchev–Trinajstić information content (AvgIpc) is 2.41. The topological polar surface area (TPSA) is 15.3 Å². The second-order valence-electron chi connectivity index (χ2n) is 5.13. The highest BCUT2D eigenvalue weighted by Crippen LogP contribution is 2.20. The molecule has 2 nitrogen and oxygen atoms in total. The molecule has 106 valence electrons. The van der Waals surface area contributed by atoms with E-state index in [4.69, 9.17) is 0 Å². The normalized spacial score (nSPS) is 10.6. The molecule has 0 saturated carbocycles. The summed E-state index contributed by atoms with van der Waals surface area (Å²) in [5.41, 5.74) is 4.69. The molecule has 2 rings (SSSR count). The first-order valence-corrected chi connectivity index (χ1v) is 6.80. The molecule has 0 atom stereocenters. The van der Waals surface area contributed by atoms with E-state index in [0.717, 1.165) is 17.8 Å². The van der Waals surface area contributed by atoms with Crippen LogP contribution >= 0.6 is 0 Å². The summed E-state index contributed by atoms with van der Waals surface area (Å²) in [6.07, 6.45) is 0. The molecule has 0 aliphatic rings. The van der Waals surface area contributed by atoms with Gasteiger partial charge in [-0.25, -0.2) is 4.39 Å². The van der Waals surface area contributed by atoms with E-state index < -0.39 is 0 Å². The number of hydrogen-bond donors (Lipinski definition) is 1. The van der Waals surface area contributed by atoms with Gasteiger partial charge in [0.05, 0.1) is 0 Å². The van der Waals surface area contributed by atoms with Crippen LogP contribution in [-0.4, -0.2) is 14.1 Å². The highest BCUT2D eigenvalue weighted by Gasteiger charge is 2.05. The fourth-order valence-electron chi connectivity index (χ4n) is 2.31. The van der Waals surface area contributed by atoms with Crippen LogP contribution in [0.25, 0.3) is 0 Å². The van der Waals surface area contributed by atoms with Crippen molar-refractivity contribution in [3.05, 3.63) is 65.0 Å². The van der Waals surface area contributed by atoms with Crippen molar-refractivity contribution in [1.82, 2.24) is 5.32 Å². The molecule has 0 saturated heterocycles. The van der Waals surface area contributed by atoms with Crippen LogP contribution in [0.2, 0.25) is 0 Å². The minimum Gasteiger partial charge on any atom is -0.370 e. The summed E-state index contributed by atoms with van der Waals surface area (Å²) in [4.78, 5) is 2.13. The summed E-state index contributed by atoms with van der Waals surface area (Å²) in [6.45, 7) is 3.69.